The first-order chi connectivity index (χ1) is 19.4. The summed E-state index contributed by atoms with van der Waals surface area (Å²) in [7, 11) is 1.69. The number of amides is 1. The summed E-state index contributed by atoms with van der Waals surface area (Å²) < 4.78 is 9.27. The van der Waals surface area contributed by atoms with Crippen LogP contribution in [0.15, 0.2) is 49.3 Å². The van der Waals surface area contributed by atoms with Crippen molar-refractivity contribution >= 4 is 39.3 Å². The summed E-state index contributed by atoms with van der Waals surface area (Å²) in [5.74, 6) is -0.0229. The second kappa shape index (κ2) is 10.6. The summed E-state index contributed by atoms with van der Waals surface area (Å²) in [6.07, 6.45) is 6.89. The van der Waals surface area contributed by atoms with Crippen molar-refractivity contribution in [3.63, 3.8) is 0 Å². The number of ether oxygens (including phenoxy) is 1. The molecule has 1 aliphatic heterocycles. The maximum absolute atomic E-state index is 12.2. The molecule has 10 heteroatoms. The third-order valence-electron chi connectivity index (χ3n) is 7.91. The van der Waals surface area contributed by atoms with Gasteiger partial charge in [-0.1, -0.05) is 24.2 Å². The lowest BCUT2D eigenvalue weighted by molar-refractivity contribution is -0.127. The molecule has 40 heavy (non-hydrogen) atoms. The van der Waals surface area contributed by atoms with Gasteiger partial charge in [0.25, 0.3) is 0 Å². The van der Waals surface area contributed by atoms with E-state index in [0.29, 0.717) is 31.3 Å². The van der Waals surface area contributed by atoms with Crippen LogP contribution >= 0.6 is 11.6 Å². The van der Waals surface area contributed by atoms with Crippen LogP contribution in [0.2, 0.25) is 5.02 Å². The third kappa shape index (κ3) is 4.49. The zero-order chi connectivity index (χ0) is 28.0. The molecule has 0 unspecified atom stereocenters. The molecule has 1 amide bonds. The van der Waals surface area contributed by atoms with Crippen LogP contribution in [0.3, 0.4) is 0 Å². The summed E-state index contributed by atoms with van der Waals surface area (Å²) in [5, 5.41) is 20.1. The van der Waals surface area contributed by atoms with E-state index in [4.69, 9.17) is 21.4 Å². The average Bonchev–Trinajstić information content (AvgIpc) is 3.69. The van der Waals surface area contributed by atoms with Crippen LogP contribution in [-0.2, 0) is 16.1 Å². The summed E-state index contributed by atoms with van der Waals surface area (Å²) in [5.41, 5.74) is 7.64. The normalized spacial score (nSPS) is 14.4. The van der Waals surface area contributed by atoms with E-state index in [0.717, 1.165) is 68.3 Å². The summed E-state index contributed by atoms with van der Waals surface area (Å²) in [6.45, 7) is 10.4. The van der Waals surface area contributed by atoms with Crippen molar-refractivity contribution in [3.05, 3.63) is 65.6 Å². The Balaban J connectivity index is 1.51. The average molecular weight is 558 g/mol. The van der Waals surface area contributed by atoms with E-state index < -0.39 is 0 Å². The number of methoxy groups -OCH3 is 1. The van der Waals surface area contributed by atoms with E-state index in [2.05, 4.69) is 45.6 Å². The lowest BCUT2D eigenvalue weighted by atomic mass is 9.94. The zero-order valence-electron chi connectivity index (χ0n) is 22.9. The number of nitrogens with zero attached hydrogens (tertiary/aromatic N) is 6. The highest BCUT2D eigenvalue weighted by Gasteiger charge is 2.29. The number of piperidine rings is 1. The van der Waals surface area contributed by atoms with Crippen molar-refractivity contribution in [1.82, 2.24) is 34.7 Å². The maximum Gasteiger partial charge on any atom is 0.245 e. The lowest BCUT2D eigenvalue weighted by Crippen LogP contribution is -2.38. The second-order valence-electron chi connectivity index (χ2n) is 10.4. The number of benzene rings is 2. The SMILES string of the molecule is C=CC(=O)N1CCC(n2nc(-c3ccc4nn(CCOC)cc4c3)c(-c3c(Cl)c(C)cc4[nH]ncc34)c2C)CC1. The van der Waals surface area contributed by atoms with E-state index in [-0.39, 0.29) is 11.9 Å². The van der Waals surface area contributed by atoms with Crippen LogP contribution in [0.4, 0.5) is 0 Å². The molecule has 0 saturated carbocycles. The minimum absolute atomic E-state index is 0.0229. The van der Waals surface area contributed by atoms with Crippen LogP contribution in [0.25, 0.3) is 44.2 Å². The molecule has 1 aliphatic rings. The van der Waals surface area contributed by atoms with Crippen molar-refractivity contribution in [2.75, 3.05) is 26.8 Å². The van der Waals surface area contributed by atoms with E-state index in [1.54, 1.807) is 7.11 Å². The van der Waals surface area contributed by atoms with E-state index in [9.17, 15) is 4.79 Å². The Morgan fingerprint density at radius 2 is 2.00 bits per heavy atom. The number of carbonyl (C=O) groups excluding carboxylic acids is 1. The van der Waals surface area contributed by atoms with Crippen molar-refractivity contribution in [2.45, 2.75) is 39.3 Å². The number of aryl methyl sites for hydroxylation is 1. The lowest BCUT2D eigenvalue weighted by Gasteiger charge is -2.32. The molecular weight excluding hydrogens is 526 g/mol. The molecule has 2 aromatic carbocycles. The highest BCUT2D eigenvalue weighted by atomic mass is 35.5. The van der Waals surface area contributed by atoms with Crippen molar-refractivity contribution in [1.29, 1.82) is 0 Å². The largest absolute Gasteiger partial charge is 0.383 e. The molecule has 4 heterocycles. The molecule has 1 N–H and O–H groups in total. The Hall–Kier alpha value is -3.95. The van der Waals surface area contributed by atoms with Gasteiger partial charge < -0.3 is 9.64 Å². The number of likely N-dealkylation sites (tertiary alicyclic amines) is 1. The molecule has 5 aromatic rings. The van der Waals surface area contributed by atoms with Gasteiger partial charge in [0.2, 0.25) is 5.91 Å². The Morgan fingerprint density at radius 3 is 2.75 bits per heavy atom. The number of hydrogen-bond donors (Lipinski definition) is 1. The number of nitrogens with one attached hydrogen (secondary N) is 1. The molecular formula is C30H32ClN7O2. The number of aromatic amines is 1. The summed E-state index contributed by atoms with van der Waals surface area (Å²) in [4.78, 5) is 14.0. The number of hydrogen-bond acceptors (Lipinski definition) is 5. The fourth-order valence-corrected chi connectivity index (χ4v) is 6.05. The van der Waals surface area contributed by atoms with Crippen LogP contribution in [-0.4, -0.2) is 67.4 Å². The van der Waals surface area contributed by atoms with Gasteiger partial charge in [0.1, 0.15) is 5.69 Å². The van der Waals surface area contributed by atoms with Gasteiger partial charge >= 0.3 is 0 Å². The van der Waals surface area contributed by atoms with Crippen molar-refractivity contribution in [3.8, 4) is 22.4 Å². The van der Waals surface area contributed by atoms with E-state index in [1.807, 2.05) is 41.0 Å². The molecule has 0 spiro atoms. The van der Waals surface area contributed by atoms with E-state index >= 15 is 0 Å². The molecule has 6 rings (SSSR count). The topological polar surface area (TPSA) is 93.9 Å². The highest BCUT2D eigenvalue weighted by molar-refractivity contribution is 6.36. The minimum atomic E-state index is -0.0229. The molecule has 0 bridgehead atoms. The fourth-order valence-electron chi connectivity index (χ4n) is 5.80. The molecule has 0 aliphatic carbocycles. The Kier molecular flexibility index (Phi) is 6.93. The quantitative estimate of drug-likeness (QED) is 0.259. The van der Waals surface area contributed by atoms with Crippen LogP contribution in [0.1, 0.15) is 30.1 Å². The van der Waals surface area contributed by atoms with Gasteiger partial charge in [-0.05, 0) is 56.5 Å². The van der Waals surface area contributed by atoms with Gasteiger partial charge in [0, 0.05) is 59.6 Å². The number of aromatic nitrogens is 6. The summed E-state index contributed by atoms with van der Waals surface area (Å²) in [6, 6.07) is 8.44. The predicted molar refractivity (Wildman–Crippen MR) is 157 cm³/mol. The Morgan fingerprint density at radius 1 is 1.20 bits per heavy atom. The Labute approximate surface area is 237 Å². The van der Waals surface area contributed by atoms with Gasteiger partial charge in [-0.2, -0.15) is 15.3 Å². The number of rotatable bonds is 7. The molecule has 1 saturated heterocycles. The first-order valence-electron chi connectivity index (χ1n) is 13.5. The van der Waals surface area contributed by atoms with Crippen LogP contribution in [0.5, 0.6) is 0 Å². The molecule has 9 nitrogen and oxygen atoms in total. The fraction of sp³-hybridized carbons (Fsp3) is 0.333. The van der Waals surface area contributed by atoms with E-state index in [1.165, 1.54) is 6.08 Å². The number of halogens is 1. The van der Waals surface area contributed by atoms with Crippen LogP contribution < -0.4 is 0 Å². The summed E-state index contributed by atoms with van der Waals surface area (Å²) >= 11 is 7.05. The first kappa shape index (κ1) is 26.3. The monoisotopic (exact) mass is 557 g/mol. The first-order valence-corrected chi connectivity index (χ1v) is 13.9. The number of fused-ring (bicyclic) bond motifs is 2. The highest BCUT2D eigenvalue weighted by Crippen LogP contribution is 2.44. The third-order valence-corrected chi connectivity index (χ3v) is 8.40. The molecule has 0 atom stereocenters. The van der Waals surface area contributed by atoms with Gasteiger partial charge in [0.15, 0.2) is 0 Å². The van der Waals surface area contributed by atoms with Gasteiger partial charge in [-0.25, -0.2) is 0 Å². The van der Waals surface area contributed by atoms with Gasteiger partial charge in [0.05, 0.1) is 41.4 Å². The standard InChI is InChI=1S/C30H32ClN7O2/c1-5-26(39)36-10-8-22(9-11-36)38-19(3)27(28-23-16-32-33-25(23)14-18(2)29(28)31)30(35-38)20-6-7-24-21(15-20)17-37(34-24)12-13-40-4/h5-7,14-17,22H,1,8-13H2,2-4H3,(H,32,33). The van der Waals surface area contributed by atoms with Crippen molar-refractivity contribution < 1.29 is 9.53 Å². The van der Waals surface area contributed by atoms with Gasteiger partial charge in [-0.15, -0.1) is 0 Å². The maximum atomic E-state index is 12.2. The smallest absolute Gasteiger partial charge is 0.245 e. The minimum Gasteiger partial charge on any atom is -0.383 e. The zero-order valence-corrected chi connectivity index (χ0v) is 23.7. The van der Waals surface area contributed by atoms with Crippen LogP contribution in [0, 0.1) is 13.8 Å². The molecule has 0 radical (unpaired) electrons. The Bertz CT molecular complexity index is 1740. The molecule has 1 fully saturated rings. The van der Waals surface area contributed by atoms with Crippen molar-refractivity contribution in [2.24, 2.45) is 0 Å². The number of H-pyrrole nitrogens is 1. The second-order valence-corrected chi connectivity index (χ2v) is 10.8. The number of carbonyl (C=O) groups is 1. The predicted octanol–water partition coefficient (Wildman–Crippen LogP) is 5.71. The molecule has 3 aromatic heterocycles. The molecule has 206 valence electrons. The van der Waals surface area contributed by atoms with Gasteiger partial charge in [-0.3, -0.25) is 19.3 Å².